The third-order valence-electron chi connectivity index (χ3n) is 5.23. The van der Waals surface area contributed by atoms with Gasteiger partial charge in [-0.1, -0.05) is 17.7 Å². The molecule has 5 nitrogen and oxygen atoms in total. The van der Waals surface area contributed by atoms with Crippen LogP contribution < -0.4 is 10.1 Å². The van der Waals surface area contributed by atoms with E-state index in [2.05, 4.69) is 10.3 Å². The number of methoxy groups -OCH3 is 1. The highest BCUT2D eigenvalue weighted by atomic mass is 35.5. The SMILES string of the molecule is COc1ccc2nccc(CCC3OCC(NCc4ccc(Cl)c(F)c4)CO3)c2c1. The molecule has 30 heavy (non-hydrogen) atoms. The summed E-state index contributed by atoms with van der Waals surface area (Å²) in [5.41, 5.74) is 2.97. The average Bonchev–Trinajstić information content (AvgIpc) is 2.78. The van der Waals surface area contributed by atoms with Crippen LogP contribution in [0.4, 0.5) is 4.39 Å². The van der Waals surface area contributed by atoms with Gasteiger partial charge in [-0.05, 0) is 53.9 Å². The summed E-state index contributed by atoms with van der Waals surface area (Å²) in [4.78, 5) is 4.42. The number of aromatic nitrogens is 1. The van der Waals surface area contributed by atoms with Gasteiger partial charge in [-0.15, -0.1) is 0 Å². The van der Waals surface area contributed by atoms with E-state index in [1.807, 2.05) is 30.5 Å². The largest absolute Gasteiger partial charge is 0.497 e. The fraction of sp³-hybridized carbons (Fsp3) is 0.348. The Morgan fingerprint density at radius 1 is 1.17 bits per heavy atom. The number of benzene rings is 2. The third kappa shape index (κ3) is 5.08. The van der Waals surface area contributed by atoms with E-state index in [1.54, 1.807) is 19.2 Å². The van der Waals surface area contributed by atoms with E-state index in [-0.39, 0.29) is 17.4 Å². The Bertz CT molecular complexity index is 1010. The van der Waals surface area contributed by atoms with Gasteiger partial charge in [-0.3, -0.25) is 4.98 Å². The van der Waals surface area contributed by atoms with Crippen molar-refractivity contribution in [3.05, 3.63) is 70.6 Å². The number of hydrogen-bond donors (Lipinski definition) is 1. The third-order valence-corrected chi connectivity index (χ3v) is 5.54. The summed E-state index contributed by atoms with van der Waals surface area (Å²) in [5, 5.41) is 4.55. The molecule has 158 valence electrons. The van der Waals surface area contributed by atoms with Gasteiger partial charge in [-0.2, -0.15) is 0 Å². The number of hydrogen-bond acceptors (Lipinski definition) is 5. The minimum atomic E-state index is -0.409. The highest BCUT2D eigenvalue weighted by Crippen LogP contribution is 2.24. The van der Waals surface area contributed by atoms with Gasteiger partial charge in [0.2, 0.25) is 0 Å². The van der Waals surface area contributed by atoms with Crippen molar-refractivity contribution < 1.29 is 18.6 Å². The van der Waals surface area contributed by atoms with Gasteiger partial charge >= 0.3 is 0 Å². The van der Waals surface area contributed by atoms with Crippen molar-refractivity contribution in [1.82, 2.24) is 10.3 Å². The lowest BCUT2D eigenvalue weighted by atomic mass is 10.0. The van der Waals surface area contributed by atoms with Crippen LogP contribution in [0.1, 0.15) is 17.5 Å². The van der Waals surface area contributed by atoms with E-state index < -0.39 is 5.82 Å². The molecular weight excluding hydrogens is 407 g/mol. The molecule has 0 atom stereocenters. The molecule has 1 fully saturated rings. The molecule has 7 heteroatoms. The Kier molecular flexibility index (Phi) is 6.79. The van der Waals surface area contributed by atoms with Crippen LogP contribution in [-0.4, -0.2) is 37.6 Å². The molecule has 3 aromatic rings. The number of rotatable bonds is 7. The van der Waals surface area contributed by atoms with E-state index in [4.69, 9.17) is 25.8 Å². The lowest BCUT2D eigenvalue weighted by molar-refractivity contribution is -0.192. The van der Waals surface area contributed by atoms with Gasteiger partial charge < -0.3 is 19.5 Å². The van der Waals surface area contributed by atoms with E-state index in [1.165, 1.54) is 11.6 Å². The molecule has 0 spiro atoms. The van der Waals surface area contributed by atoms with E-state index >= 15 is 0 Å². The van der Waals surface area contributed by atoms with Crippen LogP contribution in [0.15, 0.2) is 48.7 Å². The van der Waals surface area contributed by atoms with Crippen LogP contribution >= 0.6 is 11.6 Å². The van der Waals surface area contributed by atoms with Crippen molar-refractivity contribution in [2.75, 3.05) is 20.3 Å². The molecular formula is C23H24ClFN2O3. The minimum absolute atomic E-state index is 0.0611. The van der Waals surface area contributed by atoms with E-state index in [0.29, 0.717) is 19.8 Å². The van der Waals surface area contributed by atoms with Crippen molar-refractivity contribution in [3.63, 3.8) is 0 Å². The predicted molar refractivity (Wildman–Crippen MR) is 114 cm³/mol. The first-order valence-electron chi connectivity index (χ1n) is 9.94. The van der Waals surface area contributed by atoms with E-state index in [0.717, 1.165) is 35.1 Å². The summed E-state index contributed by atoms with van der Waals surface area (Å²) in [6.45, 7) is 1.62. The lowest BCUT2D eigenvalue weighted by Gasteiger charge is -2.30. The fourth-order valence-electron chi connectivity index (χ4n) is 3.54. The number of aryl methyl sites for hydroxylation is 1. The second kappa shape index (κ2) is 9.71. The maximum Gasteiger partial charge on any atom is 0.158 e. The molecule has 0 unspecified atom stereocenters. The molecule has 4 rings (SSSR count). The van der Waals surface area contributed by atoms with Crippen molar-refractivity contribution >= 4 is 22.5 Å². The maximum absolute atomic E-state index is 13.5. The zero-order chi connectivity index (χ0) is 20.9. The van der Waals surface area contributed by atoms with Crippen molar-refractivity contribution in [3.8, 4) is 5.75 Å². The van der Waals surface area contributed by atoms with Gasteiger partial charge in [0, 0.05) is 24.5 Å². The molecule has 1 saturated heterocycles. The molecule has 0 saturated carbocycles. The van der Waals surface area contributed by atoms with Crippen LogP contribution in [-0.2, 0) is 22.4 Å². The summed E-state index contributed by atoms with van der Waals surface area (Å²) in [7, 11) is 1.66. The standard InChI is InChI=1S/C23H24ClFN2O3/c1-28-18-4-6-22-19(11-18)16(8-9-26-22)3-7-23-29-13-17(14-30-23)27-12-15-2-5-20(24)21(25)10-15/h2,4-6,8-11,17,23,27H,3,7,12-14H2,1H3. The first-order chi connectivity index (χ1) is 14.6. The Morgan fingerprint density at radius 3 is 2.77 bits per heavy atom. The second-order valence-corrected chi connectivity index (χ2v) is 7.72. The van der Waals surface area contributed by atoms with Crippen molar-refractivity contribution in [2.24, 2.45) is 0 Å². The molecule has 1 N–H and O–H groups in total. The number of nitrogens with one attached hydrogen (secondary N) is 1. The van der Waals surface area contributed by atoms with Crippen LogP contribution in [0.3, 0.4) is 0 Å². The lowest BCUT2D eigenvalue weighted by Crippen LogP contribution is -2.44. The van der Waals surface area contributed by atoms with Crippen LogP contribution in [0.2, 0.25) is 5.02 Å². The number of ether oxygens (including phenoxy) is 3. The van der Waals surface area contributed by atoms with Gasteiger partial charge in [0.15, 0.2) is 6.29 Å². The van der Waals surface area contributed by atoms with Crippen LogP contribution in [0, 0.1) is 5.82 Å². The van der Waals surface area contributed by atoms with Gasteiger partial charge in [0.05, 0.1) is 36.9 Å². The van der Waals surface area contributed by atoms with Crippen LogP contribution in [0.5, 0.6) is 5.75 Å². The molecule has 0 radical (unpaired) electrons. The Labute approximate surface area is 180 Å². The quantitative estimate of drug-likeness (QED) is 0.598. The molecule has 0 amide bonds. The Morgan fingerprint density at radius 2 is 2.00 bits per heavy atom. The summed E-state index contributed by atoms with van der Waals surface area (Å²) >= 11 is 5.72. The summed E-state index contributed by atoms with van der Waals surface area (Å²) in [6.07, 6.45) is 3.15. The van der Waals surface area contributed by atoms with Crippen molar-refractivity contribution in [1.29, 1.82) is 0 Å². The summed E-state index contributed by atoms with van der Waals surface area (Å²) < 4.78 is 30.6. The Hall–Kier alpha value is -2.25. The zero-order valence-corrected chi connectivity index (χ0v) is 17.5. The highest BCUT2D eigenvalue weighted by Gasteiger charge is 2.22. The molecule has 1 aromatic heterocycles. The summed E-state index contributed by atoms with van der Waals surface area (Å²) in [5.74, 6) is 0.407. The first-order valence-corrected chi connectivity index (χ1v) is 10.3. The van der Waals surface area contributed by atoms with Crippen LogP contribution in [0.25, 0.3) is 10.9 Å². The number of halogens is 2. The maximum atomic E-state index is 13.5. The molecule has 2 aromatic carbocycles. The highest BCUT2D eigenvalue weighted by molar-refractivity contribution is 6.30. The second-order valence-electron chi connectivity index (χ2n) is 7.31. The zero-order valence-electron chi connectivity index (χ0n) is 16.7. The van der Waals surface area contributed by atoms with Gasteiger partial charge in [0.25, 0.3) is 0 Å². The minimum Gasteiger partial charge on any atom is -0.497 e. The fourth-order valence-corrected chi connectivity index (χ4v) is 3.66. The molecule has 2 heterocycles. The number of nitrogens with zero attached hydrogens (tertiary/aromatic N) is 1. The Balaban J connectivity index is 1.27. The first kappa shape index (κ1) is 21.0. The molecule has 0 aliphatic carbocycles. The average molecular weight is 431 g/mol. The van der Waals surface area contributed by atoms with E-state index in [9.17, 15) is 4.39 Å². The molecule has 1 aliphatic rings. The van der Waals surface area contributed by atoms with Crippen molar-refractivity contribution in [2.45, 2.75) is 31.7 Å². The topological polar surface area (TPSA) is 52.6 Å². The number of fused-ring (bicyclic) bond motifs is 1. The number of pyridine rings is 1. The molecule has 0 bridgehead atoms. The normalized spacial score (nSPS) is 19.2. The van der Waals surface area contributed by atoms with Gasteiger partial charge in [-0.25, -0.2) is 4.39 Å². The summed E-state index contributed by atoms with van der Waals surface area (Å²) in [6, 6.07) is 12.8. The monoisotopic (exact) mass is 430 g/mol. The predicted octanol–water partition coefficient (Wildman–Crippen LogP) is 4.50. The smallest absolute Gasteiger partial charge is 0.158 e. The molecule has 1 aliphatic heterocycles. The van der Waals surface area contributed by atoms with Gasteiger partial charge in [0.1, 0.15) is 11.6 Å².